The summed E-state index contributed by atoms with van der Waals surface area (Å²) in [5.41, 5.74) is 1.64. The molecule has 0 aliphatic carbocycles. The van der Waals surface area contributed by atoms with E-state index in [1.54, 1.807) is 24.3 Å². The molecule has 2 N–H and O–H groups in total. The van der Waals surface area contributed by atoms with Gasteiger partial charge in [-0.15, -0.1) is 0 Å². The normalized spacial score (nSPS) is 12.3. The highest BCUT2D eigenvalue weighted by Crippen LogP contribution is 2.34. The number of alkyl halides is 3. The Morgan fingerprint density at radius 3 is 2.47 bits per heavy atom. The van der Waals surface area contributed by atoms with Gasteiger partial charge in [-0.25, -0.2) is 18.5 Å². The highest BCUT2D eigenvalue weighted by Gasteiger charge is 2.30. The van der Waals surface area contributed by atoms with Gasteiger partial charge in [0.25, 0.3) is 0 Å². The van der Waals surface area contributed by atoms with Gasteiger partial charge in [-0.3, -0.25) is 9.97 Å². The molecular weight excluding hydrogens is 417 g/mol. The molecule has 0 atom stereocenters. The van der Waals surface area contributed by atoms with E-state index in [9.17, 15) is 21.6 Å². The third-order valence-corrected chi connectivity index (χ3v) is 5.30. The highest BCUT2D eigenvalue weighted by atomic mass is 32.2. The average Bonchev–Trinajstić information content (AvgIpc) is 2.72. The van der Waals surface area contributed by atoms with E-state index in [1.807, 2.05) is 0 Å². The Bertz CT molecular complexity index is 1370. The summed E-state index contributed by atoms with van der Waals surface area (Å²) >= 11 is 0. The number of hydrogen-bond donors (Lipinski definition) is 1. The highest BCUT2D eigenvalue weighted by molar-refractivity contribution is 7.89. The van der Waals surface area contributed by atoms with Crippen molar-refractivity contribution in [3.8, 4) is 22.4 Å². The first-order valence-electron chi connectivity index (χ1n) is 8.54. The second kappa shape index (κ2) is 7.15. The smallest absolute Gasteiger partial charge is 0.263 e. The summed E-state index contributed by atoms with van der Waals surface area (Å²) in [4.78, 5) is 12.4. The van der Waals surface area contributed by atoms with E-state index in [2.05, 4.69) is 15.0 Å². The topological polar surface area (TPSA) is 98.8 Å². The molecule has 0 radical (unpaired) electrons. The zero-order chi connectivity index (χ0) is 21.5. The molecule has 3 aromatic heterocycles. The molecular formula is C20H13F3N4O2S. The quantitative estimate of drug-likeness (QED) is 0.529. The molecule has 4 aromatic rings. The van der Waals surface area contributed by atoms with Crippen LogP contribution in [0.2, 0.25) is 0 Å². The van der Waals surface area contributed by atoms with Crippen molar-refractivity contribution in [2.75, 3.05) is 0 Å². The van der Waals surface area contributed by atoms with Crippen molar-refractivity contribution in [3.05, 3.63) is 72.7 Å². The van der Waals surface area contributed by atoms with Crippen LogP contribution in [0.4, 0.5) is 13.2 Å². The molecule has 0 aliphatic rings. The average molecular weight is 430 g/mol. The van der Waals surface area contributed by atoms with Crippen LogP contribution in [0.25, 0.3) is 33.4 Å². The molecule has 0 spiro atoms. The number of primary sulfonamides is 1. The van der Waals surface area contributed by atoms with Crippen LogP contribution in [0.3, 0.4) is 0 Å². The maximum Gasteiger partial charge on any atom is 0.416 e. The van der Waals surface area contributed by atoms with Crippen LogP contribution in [0.1, 0.15) is 5.56 Å². The number of fused-ring (bicyclic) bond motifs is 1. The first kappa shape index (κ1) is 19.9. The molecule has 10 heteroatoms. The molecule has 4 rings (SSSR count). The lowest BCUT2D eigenvalue weighted by molar-refractivity contribution is -0.137. The van der Waals surface area contributed by atoms with Gasteiger partial charge >= 0.3 is 6.18 Å². The summed E-state index contributed by atoms with van der Waals surface area (Å²) in [7, 11) is -3.95. The molecule has 6 nitrogen and oxygen atoms in total. The minimum atomic E-state index is -4.47. The van der Waals surface area contributed by atoms with Gasteiger partial charge in [0.05, 0.1) is 22.3 Å². The van der Waals surface area contributed by atoms with Crippen molar-refractivity contribution in [3.63, 3.8) is 0 Å². The van der Waals surface area contributed by atoms with Crippen LogP contribution in [-0.2, 0) is 16.2 Å². The van der Waals surface area contributed by atoms with E-state index in [4.69, 9.17) is 5.14 Å². The van der Waals surface area contributed by atoms with E-state index < -0.39 is 21.8 Å². The van der Waals surface area contributed by atoms with Crippen LogP contribution in [-0.4, -0.2) is 23.4 Å². The minimum absolute atomic E-state index is 0.175. The SMILES string of the molecule is NS(=O)(=O)c1cncc(-c2ccc3nccc(-c4cccc(C(F)(F)F)c4)c3n2)c1. The van der Waals surface area contributed by atoms with Gasteiger partial charge < -0.3 is 0 Å². The van der Waals surface area contributed by atoms with Crippen LogP contribution >= 0.6 is 0 Å². The lowest BCUT2D eigenvalue weighted by atomic mass is 10.0. The standard InChI is InChI=1S/C20H13F3N4O2S/c21-20(22,23)14-3-1-2-12(8-14)16-6-7-26-18-5-4-17(27-19(16)18)13-9-15(11-25-10-13)30(24,28)29/h1-11H,(H2,24,28,29). The Morgan fingerprint density at radius 2 is 1.73 bits per heavy atom. The first-order valence-corrected chi connectivity index (χ1v) is 10.1. The maximum absolute atomic E-state index is 13.1. The summed E-state index contributed by atoms with van der Waals surface area (Å²) in [6.45, 7) is 0. The zero-order valence-electron chi connectivity index (χ0n) is 15.1. The van der Waals surface area contributed by atoms with Crippen LogP contribution < -0.4 is 5.14 Å². The lowest BCUT2D eigenvalue weighted by Gasteiger charge is -2.11. The fourth-order valence-corrected chi connectivity index (χ4v) is 3.50. The number of benzene rings is 1. The van der Waals surface area contributed by atoms with E-state index >= 15 is 0 Å². The second-order valence-electron chi connectivity index (χ2n) is 6.46. The number of nitrogens with zero attached hydrogens (tertiary/aromatic N) is 3. The van der Waals surface area contributed by atoms with Crippen molar-refractivity contribution >= 4 is 21.1 Å². The third kappa shape index (κ3) is 3.87. The summed E-state index contributed by atoms with van der Waals surface area (Å²) < 4.78 is 62.6. The zero-order valence-corrected chi connectivity index (χ0v) is 15.9. The van der Waals surface area contributed by atoms with Crippen molar-refractivity contribution in [2.24, 2.45) is 5.14 Å². The summed E-state index contributed by atoms with van der Waals surface area (Å²) in [5, 5.41) is 5.15. The Kier molecular flexibility index (Phi) is 4.75. The number of hydrogen-bond acceptors (Lipinski definition) is 5. The Labute approximate surface area is 169 Å². The molecule has 0 saturated heterocycles. The first-order chi connectivity index (χ1) is 14.1. The maximum atomic E-state index is 13.1. The number of halogens is 3. The fourth-order valence-electron chi connectivity index (χ4n) is 3.00. The van der Waals surface area contributed by atoms with Crippen molar-refractivity contribution in [2.45, 2.75) is 11.1 Å². The number of aromatic nitrogens is 3. The van der Waals surface area contributed by atoms with Crippen LogP contribution in [0.15, 0.2) is 72.0 Å². The molecule has 152 valence electrons. The second-order valence-corrected chi connectivity index (χ2v) is 8.02. The number of sulfonamides is 1. The van der Waals surface area contributed by atoms with Gasteiger partial charge in [0, 0.05) is 29.7 Å². The Balaban J connectivity index is 1.89. The predicted molar refractivity (Wildman–Crippen MR) is 105 cm³/mol. The largest absolute Gasteiger partial charge is 0.416 e. The van der Waals surface area contributed by atoms with E-state index in [0.717, 1.165) is 18.3 Å². The molecule has 0 bridgehead atoms. The predicted octanol–water partition coefficient (Wildman–Crippen LogP) is 4.03. The van der Waals surface area contributed by atoms with Gasteiger partial charge in [0.15, 0.2) is 0 Å². The summed E-state index contributed by atoms with van der Waals surface area (Å²) in [6, 6.07) is 11.1. The van der Waals surface area contributed by atoms with E-state index in [1.165, 1.54) is 24.5 Å². The third-order valence-electron chi connectivity index (χ3n) is 4.42. The van der Waals surface area contributed by atoms with Crippen molar-refractivity contribution < 1.29 is 21.6 Å². The van der Waals surface area contributed by atoms with E-state index in [0.29, 0.717) is 33.4 Å². The van der Waals surface area contributed by atoms with Crippen molar-refractivity contribution in [1.82, 2.24) is 15.0 Å². The number of pyridine rings is 3. The summed E-state index contributed by atoms with van der Waals surface area (Å²) in [5.74, 6) is 0. The van der Waals surface area contributed by atoms with Crippen LogP contribution in [0.5, 0.6) is 0 Å². The Morgan fingerprint density at radius 1 is 0.933 bits per heavy atom. The van der Waals surface area contributed by atoms with Gasteiger partial charge in [-0.05, 0) is 42.0 Å². The molecule has 0 unspecified atom stereocenters. The van der Waals surface area contributed by atoms with Crippen LogP contribution in [0, 0.1) is 0 Å². The van der Waals surface area contributed by atoms with E-state index in [-0.39, 0.29) is 4.90 Å². The van der Waals surface area contributed by atoms with Crippen molar-refractivity contribution in [1.29, 1.82) is 0 Å². The molecule has 1 aromatic carbocycles. The lowest BCUT2D eigenvalue weighted by Crippen LogP contribution is -2.12. The number of nitrogens with two attached hydrogens (primary N) is 1. The van der Waals surface area contributed by atoms with Gasteiger partial charge in [0.2, 0.25) is 10.0 Å². The summed E-state index contributed by atoms with van der Waals surface area (Å²) in [6.07, 6.45) is -0.446. The van der Waals surface area contributed by atoms with Gasteiger partial charge in [-0.1, -0.05) is 12.1 Å². The fraction of sp³-hybridized carbons (Fsp3) is 0.0500. The molecule has 0 saturated carbocycles. The minimum Gasteiger partial charge on any atom is -0.263 e. The molecule has 30 heavy (non-hydrogen) atoms. The Hall–Kier alpha value is -3.37. The van der Waals surface area contributed by atoms with Gasteiger partial charge in [0.1, 0.15) is 4.90 Å². The molecule has 0 fully saturated rings. The monoisotopic (exact) mass is 430 g/mol. The molecule has 0 aliphatic heterocycles. The van der Waals surface area contributed by atoms with Gasteiger partial charge in [-0.2, -0.15) is 13.2 Å². The molecule has 0 amide bonds. The molecule has 3 heterocycles. The number of rotatable bonds is 3.